The Morgan fingerprint density at radius 3 is 2.73 bits per heavy atom. The maximum Gasteiger partial charge on any atom is 0.341 e. The van der Waals surface area contributed by atoms with Crippen molar-refractivity contribution in [2.75, 3.05) is 12.8 Å². The van der Waals surface area contributed by atoms with Gasteiger partial charge in [0.2, 0.25) is 0 Å². The van der Waals surface area contributed by atoms with Crippen LogP contribution in [0.1, 0.15) is 42.1 Å². The topological polar surface area (TPSA) is 105 Å². The van der Waals surface area contributed by atoms with E-state index in [1.165, 1.54) is 7.11 Å². The first-order valence-electron chi connectivity index (χ1n) is 9.72. The van der Waals surface area contributed by atoms with Crippen LogP contribution in [0.5, 0.6) is 5.75 Å². The van der Waals surface area contributed by atoms with E-state index in [-0.39, 0.29) is 18.1 Å². The second-order valence-corrected chi connectivity index (χ2v) is 8.44. The van der Waals surface area contributed by atoms with Gasteiger partial charge in [0.1, 0.15) is 29.2 Å². The number of carbonyl (C=O) groups excluding carboxylic acids is 1. The summed E-state index contributed by atoms with van der Waals surface area (Å²) in [6, 6.07) is 11.3. The number of ether oxygens (including phenoxy) is 2. The molecule has 2 heterocycles. The number of benzene rings is 1. The van der Waals surface area contributed by atoms with Crippen molar-refractivity contribution in [1.29, 1.82) is 0 Å². The molecular weight excluding hydrogens is 497 g/mol. The van der Waals surface area contributed by atoms with Crippen molar-refractivity contribution in [3.63, 3.8) is 0 Å². The molecule has 156 valence electrons. The molecule has 2 aromatic heterocycles. The fraction of sp³-hybridized carbons (Fsp3) is 0.333. The molecule has 9 heteroatoms. The van der Waals surface area contributed by atoms with Crippen molar-refractivity contribution in [3.8, 4) is 17.3 Å². The van der Waals surface area contributed by atoms with Crippen LogP contribution in [-0.4, -0.2) is 38.9 Å². The Bertz CT molecular complexity index is 1050. The molecule has 4 rings (SSSR count). The van der Waals surface area contributed by atoms with Crippen LogP contribution in [0, 0.1) is 3.57 Å². The molecule has 0 saturated heterocycles. The van der Waals surface area contributed by atoms with Crippen LogP contribution < -0.4 is 10.5 Å². The van der Waals surface area contributed by atoms with Crippen molar-refractivity contribution in [2.45, 2.75) is 37.8 Å². The SMILES string of the molecule is COC(=O)c1cc(I)ccc1OC1CCC(n2cnnc2-c2cccc(N)n2)CC1. The molecule has 0 aliphatic heterocycles. The molecule has 1 aliphatic rings. The second-order valence-electron chi connectivity index (χ2n) is 7.19. The van der Waals surface area contributed by atoms with Gasteiger partial charge in [-0.3, -0.25) is 0 Å². The third-order valence-electron chi connectivity index (χ3n) is 5.25. The van der Waals surface area contributed by atoms with Gasteiger partial charge < -0.3 is 19.8 Å². The zero-order valence-electron chi connectivity index (χ0n) is 16.5. The normalized spacial score (nSPS) is 18.7. The highest BCUT2D eigenvalue weighted by Crippen LogP contribution is 2.34. The van der Waals surface area contributed by atoms with Gasteiger partial charge in [-0.1, -0.05) is 6.07 Å². The molecule has 0 unspecified atom stereocenters. The van der Waals surface area contributed by atoms with Gasteiger partial charge in [0.05, 0.1) is 13.2 Å². The Balaban J connectivity index is 1.45. The van der Waals surface area contributed by atoms with Crippen molar-refractivity contribution in [3.05, 3.63) is 51.9 Å². The fourth-order valence-corrected chi connectivity index (χ4v) is 4.26. The third-order valence-corrected chi connectivity index (χ3v) is 5.92. The molecule has 1 aromatic carbocycles. The lowest BCUT2D eigenvalue weighted by Gasteiger charge is -2.30. The quantitative estimate of drug-likeness (QED) is 0.403. The van der Waals surface area contributed by atoms with Gasteiger partial charge in [-0.25, -0.2) is 9.78 Å². The molecule has 3 aromatic rings. The summed E-state index contributed by atoms with van der Waals surface area (Å²) < 4.78 is 14.1. The minimum Gasteiger partial charge on any atom is -0.490 e. The number of esters is 1. The molecule has 0 radical (unpaired) electrons. The number of hydrogen-bond acceptors (Lipinski definition) is 7. The van der Waals surface area contributed by atoms with Crippen molar-refractivity contribution in [1.82, 2.24) is 19.7 Å². The average molecular weight is 519 g/mol. The largest absolute Gasteiger partial charge is 0.490 e. The third kappa shape index (κ3) is 4.40. The van der Waals surface area contributed by atoms with E-state index in [1.807, 2.05) is 24.3 Å². The predicted molar refractivity (Wildman–Crippen MR) is 120 cm³/mol. The van der Waals surface area contributed by atoms with Gasteiger partial charge in [-0.2, -0.15) is 0 Å². The van der Waals surface area contributed by atoms with Gasteiger partial charge in [0, 0.05) is 9.61 Å². The highest BCUT2D eigenvalue weighted by atomic mass is 127. The number of methoxy groups -OCH3 is 1. The summed E-state index contributed by atoms with van der Waals surface area (Å²) in [5.74, 6) is 1.36. The summed E-state index contributed by atoms with van der Waals surface area (Å²) in [6.07, 6.45) is 5.33. The molecule has 0 atom stereocenters. The van der Waals surface area contributed by atoms with E-state index in [1.54, 1.807) is 18.5 Å². The number of carbonyl (C=O) groups is 1. The first-order valence-corrected chi connectivity index (χ1v) is 10.8. The minimum absolute atomic E-state index is 0.0372. The molecule has 1 saturated carbocycles. The Kier molecular flexibility index (Phi) is 6.16. The van der Waals surface area contributed by atoms with Crippen LogP contribution in [0.15, 0.2) is 42.7 Å². The lowest BCUT2D eigenvalue weighted by Crippen LogP contribution is -2.26. The Hall–Kier alpha value is -2.69. The van der Waals surface area contributed by atoms with Crippen molar-refractivity contribution >= 4 is 34.4 Å². The van der Waals surface area contributed by atoms with E-state index >= 15 is 0 Å². The smallest absolute Gasteiger partial charge is 0.341 e. The molecule has 30 heavy (non-hydrogen) atoms. The maximum atomic E-state index is 12.1. The van der Waals surface area contributed by atoms with E-state index in [2.05, 4.69) is 42.3 Å². The Labute approximate surface area is 187 Å². The van der Waals surface area contributed by atoms with E-state index in [0.717, 1.165) is 35.1 Å². The highest BCUT2D eigenvalue weighted by molar-refractivity contribution is 14.1. The maximum absolute atomic E-state index is 12.1. The van der Waals surface area contributed by atoms with E-state index in [4.69, 9.17) is 15.2 Å². The summed E-state index contributed by atoms with van der Waals surface area (Å²) >= 11 is 2.17. The molecule has 8 nitrogen and oxygen atoms in total. The Morgan fingerprint density at radius 2 is 2.00 bits per heavy atom. The Morgan fingerprint density at radius 1 is 1.20 bits per heavy atom. The van der Waals surface area contributed by atoms with Gasteiger partial charge >= 0.3 is 5.97 Å². The molecule has 0 bridgehead atoms. The lowest BCUT2D eigenvalue weighted by atomic mass is 9.92. The molecule has 0 amide bonds. The van der Waals surface area contributed by atoms with Crippen LogP contribution in [0.4, 0.5) is 5.82 Å². The summed E-state index contributed by atoms with van der Waals surface area (Å²) in [4.78, 5) is 16.5. The number of hydrogen-bond donors (Lipinski definition) is 1. The van der Waals surface area contributed by atoms with E-state index < -0.39 is 0 Å². The molecule has 1 fully saturated rings. The number of halogens is 1. The highest BCUT2D eigenvalue weighted by Gasteiger charge is 2.27. The molecule has 0 spiro atoms. The standard InChI is InChI=1S/C21H22IN5O3/c1-29-21(28)16-11-13(22)5-10-18(16)30-15-8-6-14(7-9-15)27-12-24-26-20(27)17-3-2-4-19(23)25-17/h2-5,10-12,14-15H,6-9H2,1H3,(H2,23,25). The van der Waals surface area contributed by atoms with Crippen molar-refractivity contribution < 1.29 is 14.3 Å². The van der Waals surface area contributed by atoms with Crippen LogP contribution in [0.2, 0.25) is 0 Å². The van der Waals surface area contributed by atoms with E-state index in [0.29, 0.717) is 22.8 Å². The number of rotatable bonds is 5. The van der Waals surface area contributed by atoms with Crippen LogP contribution in [0.3, 0.4) is 0 Å². The van der Waals surface area contributed by atoms with Gasteiger partial charge in [0.25, 0.3) is 0 Å². The van der Waals surface area contributed by atoms with Gasteiger partial charge in [0.15, 0.2) is 5.82 Å². The number of pyridine rings is 1. The number of nitrogens with zero attached hydrogens (tertiary/aromatic N) is 4. The summed E-state index contributed by atoms with van der Waals surface area (Å²) in [6.45, 7) is 0. The first-order chi connectivity index (χ1) is 14.5. The number of nitrogen functional groups attached to an aromatic ring is 1. The van der Waals surface area contributed by atoms with Crippen LogP contribution >= 0.6 is 22.6 Å². The zero-order valence-corrected chi connectivity index (χ0v) is 18.7. The summed E-state index contributed by atoms with van der Waals surface area (Å²) in [5, 5.41) is 8.34. The van der Waals surface area contributed by atoms with E-state index in [9.17, 15) is 4.79 Å². The van der Waals surface area contributed by atoms with Gasteiger partial charge in [-0.05, 0) is 78.6 Å². The zero-order chi connectivity index (χ0) is 21.1. The summed E-state index contributed by atoms with van der Waals surface area (Å²) in [7, 11) is 1.38. The number of anilines is 1. The summed E-state index contributed by atoms with van der Waals surface area (Å²) in [5.41, 5.74) is 6.99. The van der Waals surface area contributed by atoms with Crippen molar-refractivity contribution in [2.24, 2.45) is 0 Å². The average Bonchev–Trinajstić information content (AvgIpc) is 3.25. The van der Waals surface area contributed by atoms with Gasteiger partial charge in [-0.15, -0.1) is 10.2 Å². The van der Waals surface area contributed by atoms with Crippen LogP contribution in [0.25, 0.3) is 11.5 Å². The molecule has 2 N–H and O–H groups in total. The lowest BCUT2D eigenvalue weighted by molar-refractivity contribution is 0.0588. The fourth-order valence-electron chi connectivity index (χ4n) is 3.76. The first kappa shape index (κ1) is 20.6. The molecular formula is C21H22IN5O3. The predicted octanol–water partition coefficient (Wildman–Crippen LogP) is 3.88. The number of aromatic nitrogens is 4. The van der Waals surface area contributed by atoms with Crippen LogP contribution in [-0.2, 0) is 4.74 Å². The molecule has 1 aliphatic carbocycles. The monoisotopic (exact) mass is 519 g/mol. The second kappa shape index (κ2) is 8.99. The number of nitrogens with two attached hydrogens (primary N) is 1. The minimum atomic E-state index is -0.388.